The Morgan fingerprint density at radius 3 is 2.57 bits per heavy atom. The van der Waals surface area contributed by atoms with Crippen molar-refractivity contribution in [3.63, 3.8) is 0 Å². The lowest BCUT2D eigenvalue weighted by Crippen LogP contribution is -2.38. The predicted octanol–water partition coefficient (Wildman–Crippen LogP) is 4.23. The smallest absolute Gasteiger partial charge is 0.238 e. The van der Waals surface area contributed by atoms with Crippen LogP contribution in [-0.2, 0) is 4.79 Å². The monoisotopic (exact) mass is 308 g/mol. The molecule has 1 saturated carbocycles. The zero-order valence-electron chi connectivity index (χ0n) is 12.7. The Balaban J connectivity index is 1.76. The second kappa shape index (κ2) is 8.40. The van der Waals surface area contributed by atoms with E-state index in [0.29, 0.717) is 29.2 Å². The van der Waals surface area contributed by atoms with E-state index >= 15 is 0 Å². The van der Waals surface area contributed by atoms with E-state index in [1.54, 1.807) is 6.07 Å². The highest BCUT2D eigenvalue weighted by Gasteiger charge is 2.19. The minimum atomic E-state index is -0.0384. The molecule has 2 N–H and O–H groups in total. The quantitative estimate of drug-likeness (QED) is 0.799. The van der Waals surface area contributed by atoms with Gasteiger partial charge in [0, 0.05) is 6.04 Å². The first kappa shape index (κ1) is 16.3. The van der Waals surface area contributed by atoms with Gasteiger partial charge in [0.05, 0.1) is 17.3 Å². The maximum atomic E-state index is 12.0. The van der Waals surface area contributed by atoms with Crippen molar-refractivity contribution in [2.45, 2.75) is 51.5 Å². The molecule has 21 heavy (non-hydrogen) atoms. The van der Waals surface area contributed by atoms with Crippen LogP contribution in [0.5, 0.6) is 0 Å². The molecule has 0 unspecified atom stereocenters. The molecule has 116 valence electrons. The van der Waals surface area contributed by atoms with Gasteiger partial charge in [0.25, 0.3) is 0 Å². The average molecular weight is 309 g/mol. The summed E-state index contributed by atoms with van der Waals surface area (Å²) in [4.78, 5) is 12.0. The zero-order valence-corrected chi connectivity index (χ0v) is 13.5. The Morgan fingerprint density at radius 1 is 1.24 bits per heavy atom. The molecule has 3 nitrogen and oxygen atoms in total. The molecular weight excluding hydrogens is 284 g/mol. The van der Waals surface area contributed by atoms with Crippen molar-refractivity contribution in [3.05, 3.63) is 29.3 Å². The van der Waals surface area contributed by atoms with Gasteiger partial charge >= 0.3 is 0 Å². The van der Waals surface area contributed by atoms with Crippen LogP contribution in [0.4, 0.5) is 5.69 Å². The molecule has 2 rings (SSSR count). The van der Waals surface area contributed by atoms with E-state index in [1.807, 2.05) is 18.2 Å². The normalized spacial score (nSPS) is 18.0. The molecule has 1 fully saturated rings. The fraction of sp³-hybridized carbons (Fsp3) is 0.588. The summed E-state index contributed by atoms with van der Waals surface area (Å²) >= 11 is 6.04. The third kappa shape index (κ3) is 5.33. The summed E-state index contributed by atoms with van der Waals surface area (Å²) in [5, 5.41) is 6.78. The Morgan fingerprint density at radius 2 is 1.90 bits per heavy atom. The SMILES string of the molecule is C[C@@H](NCC(=O)Nc1ccccc1Cl)C1CCCCCC1. The molecule has 1 aliphatic rings. The molecule has 1 amide bonds. The first-order valence-corrected chi connectivity index (χ1v) is 8.32. The third-order valence-electron chi connectivity index (χ3n) is 4.34. The number of nitrogens with one attached hydrogen (secondary N) is 2. The van der Waals surface area contributed by atoms with Gasteiger partial charge in [-0.1, -0.05) is 49.4 Å². The number of halogens is 1. The summed E-state index contributed by atoms with van der Waals surface area (Å²) in [7, 11) is 0. The van der Waals surface area contributed by atoms with Gasteiger partial charge in [-0.3, -0.25) is 4.79 Å². The molecule has 1 aromatic rings. The van der Waals surface area contributed by atoms with Gasteiger partial charge in [-0.05, 0) is 37.8 Å². The van der Waals surface area contributed by atoms with Gasteiger partial charge in [0.2, 0.25) is 5.91 Å². The van der Waals surface area contributed by atoms with Crippen LogP contribution in [0.3, 0.4) is 0 Å². The topological polar surface area (TPSA) is 41.1 Å². The van der Waals surface area contributed by atoms with E-state index in [2.05, 4.69) is 17.6 Å². The number of carbonyl (C=O) groups excluding carboxylic acids is 1. The van der Waals surface area contributed by atoms with E-state index in [0.717, 1.165) is 0 Å². The summed E-state index contributed by atoms with van der Waals surface area (Å²) in [6, 6.07) is 7.70. The van der Waals surface area contributed by atoms with Crippen LogP contribution in [0.2, 0.25) is 5.02 Å². The standard InChI is InChI=1S/C17H25ClN2O/c1-13(14-8-4-2-3-5-9-14)19-12-17(21)20-16-11-7-6-10-15(16)18/h6-7,10-11,13-14,19H,2-5,8-9,12H2,1H3,(H,20,21)/t13-/m1/s1. The van der Waals surface area contributed by atoms with Gasteiger partial charge in [-0.25, -0.2) is 0 Å². The molecule has 1 atom stereocenters. The maximum absolute atomic E-state index is 12.0. The lowest BCUT2D eigenvalue weighted by atomic mass is 9.93. The second-order valence-corrected chi connectivity index (χ2v) is 6.36. The van der Waals surface area contributed by atoms with Crippen molar-refractivity contribution in [2.75, 3.05) is 11.9 Å². The van der Waals surface area contributed by atoms with Gasteiger partial charge in [-0.2, -0.15) is 0 Å². The number of rotatable bonds is 5. The molecular formula is C17H25ClN2O. The van der Waals surface area contributed by atoms with Crippen molar-refractivity contribution in [1.82, 2.24) is 5.32 Å². The fourth-order valence-corrected chi connectivity index (χ4v) is 3.17. The van der Waals surface area contributed by atoms with Crippen molar-refractivity contribution < 1.29 is 4.79 Å². The number of benzene rings is 1. The average Bonchev–Trinajstić information content (AvgIpc) is 2.76. The Hall–Kier alpha value is -1.06. The molecule has 0 radical (unpaired) electrons. The predicted molar refractivity (Wildman–Crippen MR) is 88.7 cm³/mol. The highest BCUT2D eigenvalue weighted by molar-refractivity contribution is 6.33. The van der Waals surface area contributed by atoms with Crippen LogP contribution < -0.4 is 10.6 Å². The van der Waals surface area contributed by atoms with E-state index in [4.69, 9.17) is 11.6 Å². The second-order valence-electron chi connectivity index (χ2n) is 5.95. The molecule has 0 saturated heterocycles. The van der Waals surface area contributed by atoms with Crippen molar-refractivity contribution in [2.24, 2.45) is 5.92 Å². The number of carbonyl (C=O) groups is 1. The van der Waals surface area contributed by atoms with Crippen LogP contribution in [0, 0.1) is 5.92 Å². The number of para-hydroxylation sites is 1. The Kier molecular flexibility index (Phi) is 6.52. The first-order chi connectivity index (χ1) is 10.2. The number of anilines is 1. The van der Waals surface area contributed by atoms with Gasteiger partial charge < -0.3 is 10.6 Å². The highest BCUT2D eigenvalue weighted by Crippen LogP contribution is 2.25. The van der Waals surface area contributed by atoms with E-state index in [9.17, 15) is 4.79 Å². The van der Waals surface area contributed by atoms with Crippen molar-refractivity contribution in [1.29, 1.82) is 0 Å². The van der Waals surface area contributed by atoms with Gasteiger partial charge in [0.1, 0.15) is 0 Å². The van der Waals surface area contributed by atoms with E-state index < -0.39 is 0 Å². The van der Waals surface area contributed by atoms with Crippen LogP contribution in [0.15, 0.2) is 24.3 Å². The van der Waals surface area contributed by atoms with Crippen molar-refractivity contribution >= 4 is 23.2 Å². The molecule has 4 heteroatoms. The van der Waals surface area contributed by atoms with E-state index in [1.165, 1.54) is 38.5 Å². The maximum Gasteiger partial charge on any atom is 0.238 e. The number of hydrogen-bond donors (Lipinski definition) is 2. The van der Waals surface area contributed by atoms with E-state index in [-0.39, 0.29) is 5.91 Å². The summed E-state index contributed by atoms with van der Waals surface area (Å²) in [5.41, 5.74) is 0.674. The summed E-state index contributed by atoms with van der Waals surface area (Å²) < 4.78 is 0. The lowest BCUT2D eigenvalue weighted by molar-refractivity contribution is -0.115. The lowest BCUT2D eigenvalue weighted by Gasteiger charge is -2.23. The molecule has 1 aromatic carbocycles. The zero-order chi connectivity index (χ0) is 15.1. The van der Waals surface area contributed by atoms with Crippen LogP contribution in [-0.4, -0.2) is 18.5 Å². The Bertz CT molecular complexity index is 456. The summed E-state index contributed by atoms with van der Waals surface area (Å²) in [5.74, 6) is 0.657. The number of amides is 1. The molecule has 0 aromatic heterocycles. The third-order valence-corrected chi connectivity index (χ3v) is 4.67. The van der Waals surface area contributed by atoms with Crippen molar-refractivity contribution in [3.8, 4) is 0 Å². The minimum absolute atomic E-state index is 0.0384. The van der Waals surface area contributed by atoms with Gasteiger partial charge in [-0.15, -0.1) is 0 Å². The summed E-state index contributed by atoms with van der Waals surface area (Å²) in [6.45, 7) is 2.53. The van der Waals surface area contributed by atoms with Crippen LogP contribution in [0.1, 0.15) is 45.4 Å². The fourth-order valence-electron chi connectivity index (χ4n) is 2.99. The molecule has 1 aliphatic carbocycles. The molecule has 0 bridgehead atoms. The number of hydrogen-bond acceptors (Lipinski definition) is 2. The van der Waals surface area contributed by atoms with Crippen LogP contribution >= 0.6 is 11.6 Å². The largest absolute Gasteiger partial charge is 0.324 e. The van der Waals surface area contributed by atoms with Crippen LogP contribution in [0.25, 0.3) is 0 Å². The van der Waals surface area contributed by atoms with Gasteiger partial charge in [0.15, 0.2) is 0 Å². The molecule has 0 heterocycles. The molecule has 0 spiro atoms. The first-order valence-electron chi connectivity index (χ1n) is 7.94. The minimum Gasteiger partial charge on any atom is -0.324 e. The Labute approximate surface area is 132 Å². The summed E-state index contributed by atoms with van der Waals surface area (Å²) in [6.07, 6.45) is 7.91. The molecule has 0 aliphatic heterocycles. The highest BCUT2D eigenvalue weighted by atomic mass is 35.5.